The molecule has 17 heavy (non-hydrogen) atoms. The number of aromatic nitrogens is 2. The summed E-state index contributed by atoms with van der Waals surface area (Å²) < 4.78 is 0. The van der Waals surface area contributed by atoms with Crippen LogP contribution in [-0.2, 0) is 0 Å². The molecule has 2 aromatic rings. The van der Waals surface area contributed by atoms with E-state index in [0.717, 1.165) is 11.0 Å². The molecule has 5 nitrogen and oxygen atoms in total. The highest BCUT2D eigenvalue weighted by molar-refractivity contribution is 6.29. The summed E-state index contributed by atoms with van der Waals surface area (Å²) >= 11 is 5.74. The van der Waals surface area contributed by atoms with Crippen LogP contribution >= 0.6 is 11.6 Å². The van der Waals surface area contributed by atoms with Gasteiger partial charge in [0.15, 0.2) is 0 Å². The minimum atomic E-state index is -0.232. The summed E-state index contributed by atoms with van der Waals surface area (Å²) in [6, 6.07) is 5.22. The predicted molar refractivity (Wildman–Crippen MR) is 68.4 cm³/mol. The van der Waals surface area contributed by atoms with Crippen molar-refractivity contribution in [3.05, 3.63) is 23.5 Å². The number of fused-ring (bicyclic) bond motifs is 1. The van der Waals surface area contributed by atoms with E-state index in [0.29, 0.717) is 11.0 Å². The molecule has 0 atom stereocenters. The maximum absolute atomic E-state index is 11.5. The summed E-state index contributed by atoms with van der Waals surface area (Å²) in [4.78, 5) is 18.4. The van der Waals surface area contributed by atoms with E-state index in [1.165, 1.54) is 0 Å². The van der Waals surface area contributed by atoms with Crippen LogP contribution < -0.4 is 10.6 Å². The number of nitrogens with one attached hydrogen (secondary N) is 3. The van der Waals surface area contributed by atoms with Crippen LogP contribution in [0.3, 0.4) is 0 Å². The van der Waals surface area contributed by atoms with Gasteiger partial charge in [0.25, 0.3) is 0 Å². The second kappa shape index (κ2) is 4.63. The molecule has 1 aromatic heterocycles. The van der Waals surface area contributed by atoms with Gasteiger partial charge in [0.1, 0.15) is 0 Å². The second-order valence-electron chi connectivity index (χ2n) is 4.01. The summed E-state index contributed by atoms with van der Waals surface area (Å²) in [5, 5.41) is 5.81. The topological polar surface area (TPSA) is 69.8 Å². The third-order valence-electron chi connectivity index (χ3n) is 2.13. The van der Waals surface area contributed by atoms with Gasteiger partial charge in [-0.1, -0.05) is 0 Å². The van der Waals surface area contributed by atoms with E-state index in [4.69, 9.17) is 11.6 Å². The molecule has 0 aliphatic rings. The summed E-state index contributed by atoms with van der Waals surface area (Å²) in [7, 11) is 0. The van der Waals surface area contributed by atoms with Gasteiger partial charge in [-0.3, -0.25) is 0 Å². The molecule has 3 N–H and O–H groups in total. The first-order valence-electron chi connectivity index (χ1n) is 5.27. The van der Waals surface area contributed by atoms with Crippen molar-refractivity contribution in [2.45, 2.75) is 19.9 Å². The monoisotopic (exact) mass is 252 g/mol. The number of carbonyl (C=O) groups excluding carboxylic acids is 1. The van der Waals surface area contributed by atoms with Crippen LogP contribution in [0.15, 0.2) is 18.2 Å². The molecule has 1 aromatic carbocycles. The van der Waals surface area contributed by atoms with Crippen molar-refractivity contribution in [1.82, 2.24) is 15.3 Å². The average Bonchev–Trinajstić information content (AvgIpc) is 2.55. The number of benzene rings is 1. The van der Waals surface area contributed by atoms with Crippen molar-refractivity contribution in [2.24, 2.45) is 0 Å². The number of anilines is 1. The third kappa shape index (κ3) is 2.88. The number of carbonyl (C=O) groups is 1. The van der Waals surface area contributed by atoms with Gasteiger partial charge in [0, 0.05) is 11.7 Å². The largest absolute Gasteiger partial charge is 0.336 e. The Morgan fingerprint density at radius 3 is 2.94 bits per heavy atom. The number of halogens is 1. The van der Waals surface area contributed by atoms with Crippen molar-refractivity contribution in [1.29, 1.82) is 0 Å². The fourth-order valence-corrected chi connectivity index (χ4v) is 1.68. The molecule has 2 rings (SSSR count). The molecule has 0 aliphatic heterocycles. The van der Waals surface area contributed by atoms with Gasteiger partial charge >= 0.3 is 6.03 Å². The maximum Gasteiger partial charge on any atom is 0.319 e. The van der Waals surface area contributed by atoms with Gasteiger partial charge in [0.2, 0.25) is 5.28 Å². The van der Waals surface area contributed by atoms with E-state index in [-0.39, 0.29) is 12.1 Å². The van der Waals surface area contributed by atoms with Crippen molar-refractivity contribution in [3.63, 3.8) is 0 Å². The van der Waals surface area contributed by atoms with Crippen LogP contribution in [0.1, 0.15) is 13.8 Å². The number of aromatic amines is 1. The average molecular weight is 253 g/mol. The SMILES string of the molecule is CC(C)NC(=O)Nc1ccc2nc(Cl)[nH]c2c1. The Bertz CT molecular complexity index is 549. The molecule has 0 radical (unpaired) electrons. The highest BCUT2D eigenvalue weighted by Gasteiger charge is 2.05. The molecular formula is C11H13ClN4O. The van der Waals surface area contributed by atoms with E-state index in [1.54, 1.807) is 18.2 Å². The van der Waals surface area contributed by atoms with E-state index >= 15 is 0 Å². The third-order valence-corrected chi connectivity index (χ3v) is 2.31. The molecule has 0 unspecified atom stereocenters. The first-order valence-corrected chi connectivity index (χ1v) is 5.65. The summed E-state index contributed by atoms with van der Waals surface area (Å²) in [6.45, 7) is 3.80. The van der Waals surface area contributed by atoms with E-state index in [1.807, 2.05) is 13.8 Å². The van der Waals surface area contributed by atoms with Crippen molar-refractivity contribution in [2.75, 3.05) is 5.32 Å². The molecule has 6 heteroatoms. The van der Waals surface area contributed by atoms with Crippen LogP contribution in [0.25, 0.3) is 11.0 Å². The lowest BCUT2D eigenvalue weighted by Gasteiger charge is -2.09. The number of imidazole rings is 1. The first-order chi connectivity index (χ1) is 8.04. The highest BCUT2D eigenvalue weighted by Crippen LogP contribution is 2.18. The highest BCUT2D eigenvalue weighted by atomic mass is 35.5. The standard InChI is InChI=1S/C11H13ClN4O/c1-6(2)13-11(17)14-7-3-4-8-9(5-7)16-10(12)15-8/h3-6H,1-2H3,(H,15,16)(H2,13,14,17). The molecule has 0 bridgehead atoms. The van der Waals surface area contributed by atoms with Gasteiger partial charge in [-0.25, -0.2) is 9.78 Å². The lowest BCUT2D eigenvalue weighted by Crippen LogP contribution is -2.34. The van der Waals surface area contributed by atoms with Crippen LogP contribution in [-0.4, -0.2) is 22.0 Å². The number of amides is 2. The van der Waals surface area contributed by atoms with E-state index in [9.17, 15) is 4.79 Å². The molecule has 2 amide bonds. The quantitative estimate of drug-likeness (QED) is 0.769. The molecule has 1 heterocycles. The summed E-state index contributed by atoms with van der Waals surface area (Å²) in [6.07, 6.45) is 0. The molecular weight excluding hydrogens is 240 g/mol. The zero-order valence-corrected chi connectivity index (χ0v) is 10.3. The minimum absolute atomic E-state index is 0.0975. The number of H-pyrrole nitrogens is 1. The fourth-order valence-electron chi connectivity index (χ4n) is 1.49. The van der Waals surface area contributed by atoms with Crippen molar-refractivity contribution < 1.29 is 4.79 Å². The normalized spacial score (nSPS) is 10.8. The molecule has 0 fully saturated rings. The van der Waals surface area contributed by atoms with E-state index in [2.05, 4.69) is 20.6 Å². The smallest absolute Gasteiger partial charge is 0.319 e. The summed E-state index contributed by atoms with van der Waals surface area (Å²) in [5.41, 5.74) is 2.25. The van der Waals surface area contributed by atoms with Crippen LogP contribution in [0, 0.1) is 0 Å². The Kier molecular flexibility index (Phi) is 3.19. The zero-order valence-electron chi connectivity index (χ0n) is 9.54. The Labute approximate surface area is 104 Å². The first kappa shape index (κ1) is 11.7. The molecule has 0 aliphatic carbocycles. The van der Waals surface area contributed by atoms with Gasteiger partial charge in [-0.05, 0) is 43.6 Å². The number of hydrogen-bond acceptors (Lipinski definition) is 2. The van der Waals surface area contributed by atoms with Crippen molar-refractivity contribution >= 4 is 34.4 Å². The number of hydrogen-bond donors (Lipinski definition) is 3. The molecule has 90 valence electrons. The Hall–Kier alpha value is -1.75. The Morgan fingerprint density at radius 1 is 1.47 bits per heavy atom. The predicted octanol–water partition coefficient (Wildman–Crippen LogP) is 2.75. The minimum Gasteiger partial charge on any atom is -0.336 e. The van der Waals surface area contributed by atoms with Gasteiger partial charge < -0.3 is 15.6 Å². The van der Waals surface area contributed by atoms with E-state index < -0.39 is 0 Å². The lowest BCUT2D eigenvalue weighted by molar-refractivity contribution is 0.250. The zero-order chi connectivity index (χ0) is 12.4. The van der Waals surface area contributed by atoms with Gasteiger partial charge in [-0.15, -0.1) is 0 Å². The summed E-state index contributed by atoms with van der Waals surface area (Å²) in [5.74, 6) is 0. The maximum atomic E-state index is 11.5. The van der Waals surface area contributed by atoms with Crippen LogP contribution in [0.5, 0.6) is 0 Å². The fraction of sp³-hybridized carbons (Fsp3) is 0.273. The second-order valence-corrected chi connectivity index (χ2v) is 4.37. The van der Waals surface area contributed by atoms with Gasteiger partial charge in [0.05, 0.1) is 11.0 Å². The van der Waals surface area contributed by atoms with Crippen molar-refractivity contribution in [3.8, 4) is 0 Å². The number of rotatable bonds is 2. The Morgan fingerprint density at radius 2 is 2.24 bits per heavy atom. The number of urea groups is 1. The molecule has 0 spiro atoms. The Balaban J connectivity index is 2.16. The van der Waals surface area contributed by atoms with Crippen LogP contribution in [0.2, 0.25) is 5.28 Å². The van der Waals surface area contributed by atoms with Gasteiger partial charge in [-0.2, -0.15) is 0 Å². The molecule has 0 saturated heterocycles. The number of nitrogens with zero attached hydrogens (tertiary/aromatic N) is 1. The van der Waals surface area contributed by atoms with Crippen LogP contribution in [0.4, 0.5) is 10.5 Å². The molecule has 0 saturated carbocycles. The lowest BCUT2D eigenvalue weighted by atomic mass is 10.3.